The number of hydrogen-bond acceptors (Lipinski definition) is 6. The first-order chi connectivity index (χ1) is 21.7. The van der Waals surface area contributed by atoms with E-state index in [9.17, 15) is 23.1 Å². The molecule has 5 atom stereocenters. The molecule has 2 amide bonds. The second kappa shape index (κ2) is 15.7. The van der Waals surface area contributed by atoms with Gasteiger partial charge in [-0.2, -0.15) is 4.31 Å². The number of carbonyl (C=O) groups excluding carboxylic acids is 1. The van der Waals surface area contributed by atoms with Crippen molar-refractivity contribution in [2.24, 2.45) is 11.8 Å². The topological polar surface area (TPSA) is 137 Å². The number of sulfonamides is 1. The summed E-state index contributed by atoms with van der Waals surface area (Å²) in [5, 5.41) is 19.6. The van der Waals surface area contributed by atoms with Crippen molar-refractivity contribution in [2.75, 3.05) is 32.8 Å². The first-order valence-electron chi connectivity index (χ1n) is 16.1. The van der Waals surface area contributed by atoms with Gasteiger partial charge in [-0.3, -0.25) is 4.79 Å². The van der Waals surface area contributed by atoms with Gasteiger partial charge in [0.15, 0.2) is 0 Å². The third-order valence-corrected chi connectivity index (χ3v) is 11.9. The van der Waals surface area contributed by atoms with Crippen LogP contribution < -0.4 is 16.0 Å². The molecule has 5 rings (SSSR count). The van der Waals surface area contributed by atoms with Gasteiger partial charge in [0.2, 0.25) is 15.9 Å². The van der Waals surface area contributed by atoms with Crippen LogP contribution in [0.4, 0.5) is 4.79 Å². The highest BCUT2D eigenvalue weighted by Gasteiger charge is 2.40. The molecule has 0 spiro atoms. The Balaban J connectivity index is 1.31. The van der Waals surface area contributed by atoms with Crippen LogP contribution in [0.5, 0.6) is 0 Å². The molecule has 12 heteroatoms. The number of amides is 2. The number of nitrogens with zero attached hydrogens (tertiary/aromatic N) is 1. The third kappa shape index (κ3) is 8.56. The monoisotopic (exact) mass is 660 g/mol. The van der Waals surface area contributed by atoms with Crippen molar-refractivity contribution in [3.05, 3.63) is 65.2 Å². The number of rotatable bonds is 11. The van der Waals surface area contributed by atoms with Gasteiger partial charge in [-0.1, -0.05) is 54.8 Å². The van der Waals surface area contributed by atoms with Crippen molar-refractivity contribution in [1.29, 1.82) is 0 Å². The number of benzene rings is 2. The highest BCUT2D eigenvalue weighted by Crippen LogP contribution is 2.37. The van der Waals surface area contributed by atoms with Gasteiger partial charge >= 0.3 is 6.09 Å². The zero-order valence-corrected chi connectivity index (χ0v) is 27.1. The van der Waals surface area contributed by atoms with Crippen molar-refractivity contribution in [3.8, 4) is 0 Å². The summed E-state index contributed by atoms with van der Waals surface area (Å²) in [4.78, 5) is 26.4. The Morgan fingerprint density at radius 2 is 1.71 bits per heavy atom. The molecule has 3 aliphatic rings. The molecule has 3 fully saturated rings. The Morgan fingerprint density at radius 1 is 1.00 bits per heavy atom. The van der Waals surface area contributed by atoms with Crippen molar-refractivity contribution < 1.29 is 27.9 Å². The van der Waals surface area contributed by atoms with Crippen LogP contribution in [0.25, 0.3) is 0 Å². The number of piperazine rings is 1. The summed E-state index contributed by atoms with van der Waals surface area (Å²) < 4.78 is 34.3. The second-order valence-corrected chi connectivity index (χ2v) is 14.8. The van der Waals surface area contributed by atoms with Gasteiger partial charge in [-0.05, 0) is 80.2 Å². The SMILES string of the molecule is O=C(O)N[C@H](C(=O)N[C@H]1CCCC[C@@H]1CC[C@H]1CNCCN1S(=O)(=O)c1ccccc1)[C@@H](c1ccc(Cl)cc1)C1CCOCC1. The largest absolute Gasteiger partial charge is 0.465 e. The Bertz CT molecular complexity index is 1370. The highest BCUT2D eigenvalue weighted by molar-refractivity contribution is 7.89. The van der Waals surface area contributed by atoms with Crippen LogP contribution in [0.3, 0.4) is 0 Å². The maximum atomic E-state index is 14.1. The molecule has 2 aliphatic heterocycles. The summed E-state index contributed by atoms with van der Waals surface area (Å²) in [6.07, 6.45) is 5.37. The lowest BCUT2D eigenvalue weighted by molar-refractivity contribution is -0.125. The van der Waals surface area contributed by atoms with E-state index in [-0.39, 0.29) is 35.7 Å². The molecule has 2 aromatic carbocycles. The van der Waals surface area contributed by atoms with Crippen LogP contribution in [-0.2, 0) is 19.6 Å². The first-order valence-corrected chi connectivity index (χ1v) is 18.0. The van der Waals surface area contributed by atoms with Crippen molar-refractivity contribution in [2.45, 2.75) is 80.3 Å². The fourth-order valence-electron chi connectivity index (χ4n) is 7.40. The van der Waals surface area contributed by atoms with Crippen LogP contribution in [0.2, 0.25) is 5.02 Å². The van der Waals surface area contributed by atoms with Gasteiger partial charge in [0, 0.05) is 55.9 Å². The molecule has 1 saturated carbocycles. The van der Waals surface area contributed by atoms with E-state index in [2.05, 4.69) is 16.0 Å². The van der Waals surface area contributed by atoms with Gasteiger partial charge in [0.05, 0.1) is 4.90 Å². The minimum Gasteiger partial charge on any atom is -0.465 e. The number of carbonyl (C=O) groups is 2. The minimum absolute atomic E-state index is 0.0565. The quantitative estimate of drug-likeness (QED) is 0.276. The highest BCUT2D eigenvalue weighted by atomic mass is 35.5. The average Bonchev–Trinajstić information content (AvgIpc) is 3.05. The van der Waals surface area contributed by atoms with E-state index in [1.165, 1.54) is 0 Å². The lowest BCUT2D eigenvalue weighted by Gasteiger charge is -2.39. The predicted molar refractivity (Wildman–Crippen MR) is 173 cm³/mol. The summed E-state index contributed by atoms with van der Waals surface area (Å²) >= 11 is 6.17. The van der Waals surface area contributed by atoms with Crippen LogP contribution in [-0.4, -0.2) is 80.8 Å². The van der Waals surface area contributed by atoms with Gasteiger partial charge in [-0.25, -0.2) is 13.2 Å². The molecule has 0 bridgehead atoms. The van der Waals surface area contributed by atoms with E-state index in [4.69, 9.17) is 16.3 Å². The van der Waals surface area contributed by atoms with Gasteiger partial charge in [0.1, 0.15) is 6.04 Å². The predicted octanol–water partition coefficient (Wildman–Crippen LogP) is 4.60. The lowest BCUT2D eigenvalue weighted by Crippen LogP contribution is -2.56. The van der Waals surface area contributed by atoms with Gasteiger partial charge in [-0.15, -0.1) is 0 Å². The molecule has 0 radical (unpaired) electrons. The van der Waals surface area contributed by atoms with Crippen molar-refractivity contribution in [3.63, 3.8) is 0 Å². The summed E-state index contributed by atoms with van der Waals surface area (Å²) in [6.45, 7) is 2.72. The molecule has 246 valence electrons. The first kappa shape index (κ1) is 33.7. The average molecular weight is 661 g/mol. The van der Waals surface area contributed by atoms with E-state index < -0.39 is 22.2 Å². The number of ether oxygens (including phenoxy) is 1. The fraction of sp³-hybridized carbons (Fsp3) is 0.576. The summed E-state index contributed by atoms with van der Waals surface area (Å²) in [5.41, 5.74) is 0.866. The molecular weight excluding hydrogens is 616 g/mol. The van der Waals surface area contributed by atoms with E-state index in [1.54, 1.807) is 40.7 Å². The Morgan fingerprint density at radius 3 is 2.42 bits per heavy atom. The fourth-order valence-corrected chi connectivity index (χ4v) is 9.20. The summed E-state index contributed by atoms with van der Waals surface area (Å²) in [7, 11) is -3.63. The zero-order valence-electron chi connectivity index (χ0n) is 25.6. The zero-order chi connectivity index (χ0) is 31.8. The van der Waals surface area contributed by atoms with Gasteiger partial charge in [0.25, 0.3) is 0 Å². The molecule has 2 saturated heterocycles. The molecule has 45 heavy (non-hydrogen) atoms. The molecule has 1 aliphatic carbocycles. The van der Waals surface area contributed by atoms with E-state index in [0.717, 1.165) is 50.5 Å². The van der Waals surface area contributed by atoms with Crippen molar-refractivity contribution in [1.82, 2.24) is 20.3 Å². The van der Waals surface area contributed by atoms with Crippen LogP contribution in [0.1, 0.15) is 62.8 Å². The second-order valence-electron chi connectivity index (χ2n) is 12.5. The molecule has 0 unspecified atom stereocenters. The molecule has 2 heterocycles. The Hall–Kier alpha value is -2.70. The molecule has 0 aromatic heterocycles. The molecule has 2 aromatic rings. The van der Waals surface area contributed by atoms with E-state index in [0.29, 0.717) is 49.2 Å². The van der Waals surface area contributed by atoms with Crippen LogP contribution in [0, 0.1) is 11.8 Å². The number of nitrogens with one attached hydrogen (secondary N) is 3. The molecular formula is C33H45ClN4O6S. The standard InChI is InChI=1S/C33H45ClN4O6S/c34-26-13-10-24(11-14-26)30(25-16-20-44-21-17-25)31(37-33(40)41)32(39)36-29-9-5-4-6-23(29)12-15-27-22-35-18-19-38(27)45(42,43)28-7-2-1-3-8-28/h1-3,7-8,10-11,13-14,23,25,27,29-31,35,37H,4-6,9,12,15-22H2,(H,36,39)(H,40,41)/t23-,27+,29+,30+,31+/m1/s1. The van der Waals surface area contributed by atoms with Crippen molar-refractivity contribution >= 4 is 33.6 Å². The Kier molecular flexibility index (Phi) is 11.8. The number of halogens is 1. The number of carboxylic acid groups (broad SMARTS) is 1. The normalized spacial score (nSPS) is 24.8. The number of hydrogen-bond donors (Lipinski definition) is 4. The Labute approximate surface area is 271 Å². The summed E-state index contributed by atoms with van der Waals surface area (Å²) in [5.74, 6) is -0.489. The third-order valence-electron chi connectivity index (χ3n) is 9.70. The maximum absolute atomic E-state index is 14.1. The molecule has 10 nitrogen and oxygen atoms in total. The summed E-state index contributed by atoms with van der Waals surface area (Å²) in [6, 6.07) is 14.6. The van der Waals surface area contributed by atoms with Crippen LogP contribution >= 0.6 is 11.6 Å². The lowest BCUT2D eigenvalue weighted by atomic mass is 9.76. The van der Waals surface area contributed by atoms with Crippen LogP contribution in [0.15, 0.2) is 59.5 Å². The smallest absolute Gasteiger partial charge is 0.405 e. The maximum Gasteiger partial charge on any atom is 0.405 e. The van der Waals surface area contributed by atoms with E-state index in [1.807, 2.05) is 18.2 Å². The van der Waals surface area contributed by atoms with Gasteiger partial charge < -0.3 is 25.8 Å². The molecule has 4 N–H and O–H groups in total. The minimum atomic E-state index is -3.63. The van der Waals surface area contributed by atoms with E-state index >= 15 is 0 Å².